The average molecular weight is 187 g/mol. The molecule has 0 unspecified atom stereocenters. The number of rotatable bonds is 5. The highest BCUT2D eigenvalue weighted by molar-refractivity contribution is 5.92. The molecule has 72 valence electrons. The van der Waals surface area contributed by atoms with Gasteiger partial charge in [0.1, 0.15) is 6.04 Å². The fraction of sp³-hybridized carbons (Fsp3) is 0.286. The molecule has 0 saturated heterocycles. The maximum atomic E-state index is 10.6. The first-order valence-corrected chi connectivity index (χ1v) is 3.35. The van der Waals surface area contributed by atoms with Gasteiger partial charge in [0, 0.05) is 0 Å². The van der Waals surface area contributed by atoms with E-state index in [1.807, 2.05) is 5.32 Å². The van der Waals surface area contributed by atoms with Crippen molar-refractivity contribution < 1.29 is 24.6 Å². The van der Waals surface area contributed by atoms with Gasteiger partial charge in [-0.1, -0.05) is 6.58 Å². The van der Waals surface area contributed by atoms with Crippen LogP contribution in [0.15, 0.2) is 12.7 Å². The molecule has 0 bridgehead atoms. The molecule has 0 radical (unpaired) electrons. The van der Waals surface area contributed by atoms with Gasteiger partial charge in [0.15, 0.2) is 0 Å². The van der Waals surface area contributed by atoms with E-state index < -0.39 is 30.3 Å². The van der Waals surface area contributed by atoms with Gasteiger partial charge in [-0.3, -0.25) is 9.59 Å². The molecule has 0 heterocycles. The van der Waals surface area contributed by atoms with Crippen LogP contribution in [0.3, 0.4) is 0 Å². The fourth-order valence-electron chi connectivity index (χ4n) is 0.605. The third-order valence-electron chi connectivity index (χ3n) is 1.18. The van der Waals surface area contributed by atoms with Crippen LogP contribution in [0.4, 0.5) is 0 Å². The van der Waals surface area contributed by atoms with E-state index in [9.17, 15) is 14.4 Å². The van der Waals surface area contributed by atoms with Gasteiger partial charge in [0.25, 0.3) is 0 Å². The minimum absolute atomic E-state index is 0.658. The summed E-state index contributed by atoms with van der Waals surface area (Å²) >= 11 is 0. The van der Waals surface area contributed by atoms with Crippen molar-refractivity contribution in [3.8, 4) is 0 Å². The molecule has 13 heavy (non-hydrogen) atoms. The lowest BCUT2D eigenvalue weighted by Gasteiger charge is -2.09. The zero-order valence-electron chi connectivity index (χ0n) is 6.69. The Morgan fingerprint density at radius 2 is 1.92 bits per heavy atom. The lowest BCUT2D eigenvalue weighted by atomic mass is 10.2. The van der Waals surface area contributed by atoms with Crippen LogP contribution in [0.5, 0.6) is 0 Å². The number of hydrogen-bond acceptors (Lipinski definition) is 3. The molecule has 1 atom stereocenters. The molecule has 0 saturated carbocycles. The predicted octanol–water partition coefficient (Wildman–Crippen LogP) is -0.783. The van der Waals surface area contributed by atoms with E-state index in [0.29, 0.717) is 0 Å². The van der Waals surface area contributed by atoms with Gasteiger partial charge < -0.3 is 15.5 Å². The zero-order chi connectivity index (χ0) is 10.4. The van der Waals surface area contributed by atoms with E-state index in [-0.39, 0.29) is 0 Å². The van der Waals surface area contributed by atoms with Gasteiger partial charge in [-0.05, 0) is 6.08 Å². The molecule has 0 aliphatic rings. The lowest BCUT2D eigenvalue weighted by molar-refractivity contribution is -0.146. The van der Waals surface area contributed by atoms with Crippen LogP contribution < -0.4 is 5.32 Å². The number of nitrogens with one attached hydrogen (secondary N) is 1. The third-order valence-corrected chi connectivity index (χ3v) is 1.18. The van der Waals surface area contributed by atoms with Crippen LogP contribution in [-0.2, 0) is 14.4 Å². The third kappa shape index (κ3) is 4.57. The highest BCUT2D eigenvalue weighted by Crippen LogP contribution is 1.92. The second kappa shape index (κ2) is 4.91. The maximum absolute atomic E-state index is 10.6. The van der Waals surface area contributed by atoms with Crippen molar-refractivity contribution in [2.24, 2.45) is 0 Å². The van der Waals surface area contributed by atoms with E-state index in [0.717, 1.165) is 6.08 Å². The smallest absolute Gasteiger partial charge is 0.326 e. The number of carbonyl (C=O) groups excluding carboxylic acids is 1. The molecule has 0 aromatic rings. The second-order valence-electron chi connectivity index (χ2n) is 2.20. The molecule has 0 aliphatic heterocycles. The highest BCUT2D eigenvalue weighted by atomic mass is 16.4. The molecule has 0 aromatic heterocycles. The summed E-state index contributed by atoms with van der Waals surface area (Å²) in [5.41, 5.74) is 0. The van der Waals surface area contributed by atoms with E-state index in [1.54, 1.807) is 0 Å². The van der Waals surface area contributed by atoms with Gasteiger partial charge in [-0.15, -0.1) is 0 Å². The molecule has 0 aromatic carbocycles. The molecular formula is C7H9NO5. The van der Waals surface area contributed by atoms with Crippen LogP contribution in [0.25, 0.3) is 0 Å². The summed E-state index contributed by atoms with van der Waals surface area (Å²) in [4.78, 5) is 31.1. The maximum Gasteiger partial charge on any atom is 0.326 e. The average Bonchev–Trinajstić information content (AvgIpc) is 2.02. The SMILES string of the molecule is C=CC(=O)N[C@H](CC(=O)O)C(=O)O. The Labute approximate surface area is 73.9 Å². The topological polar surface area (TPSA) is 104 Å². The predicted molar refractivity (Wildman–Crippen MR) is 42.0 cm³/mol. The summed E-state index contributed by atoms with van der Waals surface area (Å²) in [6.07, 6.45) is 0.215. The Balaban J connectivity index is 4.26. The summed E-state index contributed by atoms with van der Waals surface area (Å²) in [5, 5.41) is 18.7. The minimum atomic E-state index is -1.41. The standard InChI is InChI=1S/C7H9NO5/c1-2-5(9)8-4(7(12)13)3-6(10)11/h2,4H,1,3H2,(H,8,9)(H,10,11)(H,12,13)/t4-/m1/s1. The van der Waals surface area contributed by atoms with Crippen LogP contribution in [0.1, 0.15) is 6.42 Å². The number of hydrogen-bond donors (Lipinski definition) is 3. The Kier molecular flexibility index (Phi) is 4.21. The Morgan fingerprint density at radius 3 is 2.23 bits per heavy atom. The van der Waals surface area contributed by atoms with Crippen LogP contribution in [-0.4, -0.2) is 34.1 Å². The Hall–Kier alpha value is -1.85. The van der Waals surface area contributed by atoms with Gasteiger partial charge >= 0.3 is 11.9 Å². The van der Waals surface area contributed by atoms with Crippen molar-refractivity contribution in [2.45, 2.75) is 12.5 Å². The fourth-order valence-corrected chi connectivity index (χ4v) is 0.605. The molecule has 0 fully saturated rings. The molecular weight excluding hydrogens is 178 g/mol. The number of amides is 1. The quantitative estimate of drug-likeness (QED) is 0.489. The number of carboxylic acids is 2. The molecule has 1 amide bonds. The van der Waals surface area contributed by atoms with Crippen LogP contribution in [0, 0.1) is 0 Å². The summed E-state index contributed by atoms with van der Waals surface area (Å²) in [6, 6.07) is -1.41. The van der Waals surface area contributed by atoms with Crippen molar-refractivity contribution in [2.75, 3.05) is 0 Å². The molecule has 0 rings (SSSR count). The van der Waals surface area contributed by atoms with Gasteiger partial charge in [0.05, 0.1) is 6.42 Å². The second-order valence-corrected chi connectivity index (χ2v) is 2.20. The molecule has 6 heteroatoms. The van der Waals surface area contributed by atoms with E-state index >= 15 is 0 Å². The zero-order valence-corrected chi connectivity index (χ0v) is 6.69. The van der Waals surface area contributed by atoms with Crippen molar-refractivity contribution >= 4 is 17.8 Å². The summed E-state index contributed by atoms with van der Waals surface area (Å²) in [5.74, 6) is -3.40. The highest BCUT2D eigenvalue weighted by Gasteiger charge is 2.21. The lowest BCUT2D eigenvalue weighted by Crippen LogP contribution is -2.41. The summed E-state index contributed by atoms with van der Waals surface area (Å²) in [6.45, 7) is 3.10. The van der Waals surface area contributed by atoms with Crippen LogP contribution in [0.2, 0.25) is 0 Å². The first-order chi connectivity index (χ1) is 5.97. The molecule has 0 spiro atoms. The number of aliphatic carboxylic acids is 2. The Morgan fingerprint density at radius 1 is 1.38 bits per heavy atom. The Bertz CT molecular complexity index is 247. The van der Waals surface area contributed by atoms with Crippen LogP contribution >= 0.6 is 0 Å². The normalized spacial score (nSPS) is 11.4. The first-order valence-electron chi connectivity index (χ1n) is 3.35. The van der Waals surface area contributed by atoms with E-state index in [1.165, 1.54) is 0 Å². The first kappa shape index (κ1) is 11.2. The molecule has 0 aliphatic carbocycles. The number of carbonyl (C=O) groups is 3. The number of carboxylic acid groups (broad SMARTS) is 2. The van der Waals surface area contributed by atoms with Crippen molar-refractivity contribution in [1.82, 2.24) is 5.32 Å². The van der Waals surface area contributed by atoms with Crippen molar-refractivity contribution in [1.29, 1.82) is 0 Å². The largest absolute Gasteiger partial charge is 0.481 e. The minimum Gasteiger partial charge on any atom is -0.481 e. The van der Waals surface area contributed by atoms with Crippen molar-refractivity contribution in [3.05, 3.63) is 12.7 Å². The van der Waals surface area contributed by atoms with E-state index in [4.69, 9.17) is 10.2 Å². The van der Waals surface area contributed by atoms with Gasteiger partial charge in [0.2, 0.25) is 5.91 Å². The van der Waals surface area contributed by atoms with E-state index in [2.05, 4.69) is 6.58 Å². The monoisotopic (exact) mass is 187 g/mol. The van der Waals surface area contributed by atoms with Gasteiger partial charge in [-0.25, -0.2) is 4.79 Å². The molecule has 3 N–H and O–H groups in total. The summed E-state index contributed by atoms with van der Waals surface area (Å²) in [7, 11) is 0. The van der Waals surface area contributed by atoms with Gasteiger partial charge in [-0.2, -0.15) is 0 Å². The molecule has 6 nitrogen and oxygen atoms in total. The summed E-state index contributed by atoms with van der Waals surface area (Å²) < 4.78 is 0. The van der Waals surface area contributed by atoms with Crippen molar-refractivity contribution in [3.63, 3.8) is 0 Å².